The van der Waals surface area contributed by atoms with Crippen LogP contribution in [0.15, 0.2) is 70.7 Å². The van der Waals surface area contributed by atoms with Gasteiger partial charge in [-0.15, -0.1) is 0 Å². The molecule has 0 aliphatic rings. The maximum Gasteiger partial charge on any atom is 0.0816 e. The fraction of sp³-hybridized carbons (Fsp3) is 0.698. The van der Waals surface area contributed by atoms with Gasteiger partial charge in [0.1, 0.15) is 0 Å². The Bertz CT molecular complexity index is 1200. The van der Waals surface area contributed by atoms with Gasteiger partial charge >= 0.3 is 0 Å². The molecule has 0 saturated carbocycles. The van der Waals surface area contributed by atoms with Gasteiger partial charge in [0.2, 0.25) is 0 Å². The van der Waals surface area contributed by atoms with E-state index in [1.165, 1.54) is 210 Å². The van der Waals surface area contributed by atoms with Gasteiger partial charge in [-0.05, 0) is 80.0 Å². The largest absolute Gasteiger partial charge is 0.255 e. The van der Waals surface area contributed by atoms with Crippen molar-refractivity contribution in [3.05, 3.63) is 71.8 Å². The molecule has 0 radical (unpaired) electrons. The maximum absolute atomic E-state index is 5.03. The zero-order valence-electron chi connectivity index (χ0n) is 37.1. The van der Waals surface area contributed by atoms with Crippen LogP contribution in [0.4, 0.5) is 11.4 Å². The van der Waals surface area contributed by atoms with E-state index < -0.39 is 0 Å². The number of benzene rings is 2. The van der Waals surface area contributed by atoms with Gasteiger partial charge < -0.3 is 0 Å². The molecular formula is C53H88N2Ni. The number of allylic oxidation sites excluding steroid dienone is 2. The minimum atomic E-state index is 0. The van der Waals surface area contributed by atoms with Crippen molar-refractivity contribution >= 4 is 23.3 Å². The van der Waals surface area contributed by atoms with E-state index in [0.717, 1.165) is 36.3 Å². The van der Waals surface area contributed by atoms with Crippen LogP contribution >= 0.6 is 0 Å². The number of nitrogens with zero attached hydrogens (tertiary/aromatic N) is 2. The molecule has 0 spiro atoms. The first-order chi connectivity index (χ1) is 27.2. The van der Waals surface area contributed by atoms with Gasteiger partial charge in [0, 0.05) is 16.5 Å². The maximum atomic E-state index is 5.03. The number of aliphatic imine (C=N–C) groups is 2. The Hall–Kier alpha value is -1.99. The molecule has 3 heteroatoms. The minimum Gasteiger partial charge on any atom is -0.255 e. The van der Waals surface area contributed by atoms with Crippen molar-refractivity contribution in [2.24, 2.45) is 9.98 Å². The fourth-order valence-electron chi connectivity index (χ4n) is 7.65. The van der Waals surface area contributed by atoms with Gasteiger partial charge in [-0.1, -0.05) is 231 Å². The van der Waals surface area contributed by atoms with E-state index in [2.05, 4.69) is 81.5 Å². The SMILES string of the molecule is CCCCCCCCCCCCCCCCCCCCCCC/C=C/C(/C=N/c1ccc(CCCCCCC)cc1)=N\c1ccc(CCCCCCC)cc1.[Ni]. The molecule has 0 aliphatic heterocycles. The van der Waals surface area contributed by atoms with Crippen LogP contribution in [0.5, 0.6) is 0 Å². The quantitative estimate of drug-likeness (QED) is 0.0367. The molecule has 0 N–H and O–H groups in total. The zero-order chi connectivity index (χ0) is 39.1. The Balaban J connectivity index is 0.0000157. The number of aryl methyl sites for hydroxylation is 2. The number of hydrogen-bond donors (Lipinski definition) is 0. The molecule has 2 nitrogen and oxygen atoms in total. The summed E-state index contributed by atoms with van der Waals surface area (Å²) in [6, 6.07) is 17.7. The average molecular weight is 812 g/mol. The smallest absolute Gasteiger partial charge is 0.0816 e. The van der Waals surface area contributed by atoms with Crippen molar-refractivity contribution in [2.45, 2.75) is 239 Å². The molecule has 320 valence electrons. The molecule has 2 aromatic carbocycles. The van der Waals surface area contributed by atoms with Crippen LogP contribution < -0.4 is 0 Å². The second-order valence-electron chi connectivity index (χ2n) is 16.7. The van der Waals surface area contributed by atoms with Crippen molar-refractivity contribution in [1.82, 2.24) is 0 Å². The molecule has 0 aromatic heterocycles. The summed E-state index contributed by atoms with van der Waals surface area (Å²) < 4.78 is 0. The van der Waals surface area contributed by atoms with Crippen molar-refractivity contribution < 1.29 is 16.5 Å². The van der Waals surface area contributed by atoms with Crippen LogP contribution in [0.1, 0.15) is 237 Å². The van der Waals surface area contributed by atoms with Crippen LogP contribution in [-0.4, -0.2) is 11.9 Å². The van der Waals surface area contributed by atoms with Crippen LogP contribution in [0.25, 0.3) is 0 Å². The van der Waals surface area contributed by atoms with E-state index >= 15 is 0 Å². The van der Waals surface area contributed by atoms with Crippen molar-refractivity contribution in [3.8, 4) is 0 Å². The molecule has 0 fully saturated rings. The molecule has 0 bridgehead atoms. The summed E-state index contributed by atoms with van der Waals surface area (Å²) in [6.45, 7) is 6.87. The van der Waals surface area contributed by atoms with Crippen LogP contribution in [0, 0.1) is 0 Å². The van der Waals surface area contributed by atoms with Crippen molar-refractivity contribution in [1.29, 1.82) is 0 Å². The summed E-state index contributed by atoms with van der Waals surface area (Å²) in [7, 11) is 0. The normalized spacial score (nSPS) is 11.9. The van der Waals surface area contributed by atoms with E-state index in [0.29, 0.717) is 0 Å². The van der Waals surface area contributed by atoms with Gasteiger partial charge in [0.25, 0.3) is 0 Å². The third-order valence-electron chi connectivity index (χ3n) is 11.4. The Morgan fingerprint density at radius 1 is 0.393 bits per heavy atom. The molecule has 0 atom stereocenters. The standard InChI is InChI=1S/C53H88N2.Ni/c1-4-7-10-13-14-15-16-17-18-19-20-21-22-23-24-25-26-27-28-29-30-33-36-39-53(55-52-46-42-50(43-47-52)38-35-32-12-9-6-3)48-54-51-44-40-49(41-45-51)37-34-31-11-8-5-2;/h36,39-48H,4-35,37-38H2,1-3H3;/b39-36+,54-48+,55-53+;. The van der Waals surface area contributed by atoms with Gasteiger partial charge in [-0.2, -0.15) is 0 Å². The number of rotatable bonds is 38. The molecule has 0 heterocycles. The van der Waals surface area contributed by atoms with E-state index in [4.69, 9.17) is 9.98 Å². The zero-order valence-corrected chi connectivity index (χ0v) is 38.1. The first-order valence-corrected chi connectivity index (χ1v) is 24.2. The van der Waals surface area contributed by atoms with Gasteiger partial charge in [0.05, 0.1) is 23.3 Å². The van der Waals surface area contributed by atoms with E-state index in [1.807, 2.05) is 6.21 Å². The van der Waals surface area contributed by atoms with Crippen LogP contribution in [0.3, 0.4) is 0 Å². The second kappa shape index (κ2) is 39.8. The molecule has 2 aromatic rings. The van der Waals surface area contributed by atoms with Gasteiger partial charge in [0.15, 0.2) is 0 Å². The van der Waals surface area contributed by atoms with Crippen LogP contribution in [-0.2, 0) is 29.3 Å². The Kier molecular flexibility index (Phi) is 37.0. The number of unbranched alkanes of at least 4 members (excludes halogenated alkanes) is 29. The van der Waals surface area contributed by atoms with E-state index in [9.17, 15) is 0 Å². The van der Waals surface area contributed by atoms with E-state index in [-0.39, 0.29) is 16.5 Å². The molecule has 0 unspecified atom stereocenters. The fourth-order valence-corrected chi connectivity index (χ4v) is 7.65. The average Bonchev–Trinajstić information content (AvgIpc) is 3.21. The Morgan fingerprint density at radius 2 is 0.714 bits per heavy atom. The van der Waals surface area contributed by atoms with Crippen molar-refractivity contribution in [3.63, 3.8) is 0 Å². The third kappa shape index (κ3) is 31.1. The van der Waals surface area contributed by atoms with Crippen LogP contribution in [0.2, 0.25) is 0 Å². The first-order valence-electron chi connectivity index (χ1n) is 24.2. The predicted octanol–water partition coefficient (Wildman–Crippen LogP) is 18.3. The molecule has 56 heavy (non-hydrogen) atoms. The summed E-state index contributed by atoms with van der Waals surface area (Å²) >= 11 is 0. The Morgan fingerprint density at radius 3 is 1.09 bits per heavy atom. The summed E-state index contributed by atoms with van der Waals surface area (Å²) in [5.74, 6) is 0. The summed E-state index contributed by atoms with van der Waals surface area (Å²) in [5.41, 5.74) is 5.77. The summed E-state index contributed by atoms with van der Waals surface area (Å²) in [4.78, 5) is 9.87. The summed E-state index contributed by atoms with van der Waals surface area (Å²) in [5, 5.41) is 0. The predicted molar refractivity (Wildman–Crippen MR) is 249 cm³/mol. The Labute approximate surface area is 359 Å². The van der Waals surface area contributed by atoms with Gasteiger partial charge in [-0.3, -0.25) is 4.99 Å². The topological polar surface area (TPSA) is 24.7 Å². The second-order valence-corrected chi connectivity index (χ2v) is 16.7. The molecule has 0 aliphatic carbocycles. The monoisotopic (exact) mass is 811 g/mol. The first kappa shape index (κ1) is 52.0. The third-order valence-corrected chi connectivity index (χ3v) is 11.4. The number of hydrogen-bond acceptors (Lipinski definition) is 2. The molecular weight excluding hydrogens is 723 g/mol. The minimum absolute atomic E-state index is 0. The molecule has 2 rings (SSSR count). The summed E-state index contributed by atoms with van der Waals surface area (Å²) in [6.07, 6.45) is 53.1. The molecule has 0 saturated heterocycles. The van der Waals surface area contributed by atoms with Crippen molar-refractivity contribution in [2.75, 3.05) is 0 Å². The molecule has 0 amide bonds. The van der Waals surface area contributed by atoms with E-state index in [1.54, 1.807) is 0 Å². The van der Waals surface area contributed by atoms with Gasteiger partial charge in [-0.25, -0.2) is 4.99 Å².